The summed E-state index contributed by atoms with van der Waals surface area (Å²) in [6, 6.07) is 6.08. The quantitative estimate of drug-likeness (QED) is 0.840. The van der Waals surface area contributed by atoms with Crippen molar-refractivity contribution < 1.29 is 4.21 Å². The van der Waals surface area contributed by atoms with Gasteiger partial charge in [-0.2, -0.15) is 0 Å². The lowest BCUT2D eigenvalue weighted by molar-refractivity contribution is 0.682. The van der Waals surface area contributed by atoms with Crippen LogP contribution >= 0.6 is 27.3 Å². The number of aromatic nitrogens is 1. The van der Waals surface area contributed by atoms with E-state index in [1.54, 1.807) is 11.3 Å². The molecule has 2 rings (SSSR count). The van der Waals surface area contributed by atoms with E-state index in [1.807, 2.05) is 31.4 Å². The van der Waals surface area contributed by atoms with Gasteiger partial charge >= 0.3 is 0 Å². The summed E-state index contributed by atoms with van der Waals surface area (Å²) >= 11 is 5.02. The summed E-state index contributed by atoms with van der Waals surface area (Å²) in [6.45, 7) is 4.01. The van der Waals surface area contributed by atoms with Crippen LogP contribution < -0.4 is 0 Å². The molecule has 96 valence electrons. The second-order valence-electron chi connectivity index (χ2n) is 4.18. The maximum Gasteiger partial charge on any atom is 0.105 e. The third-order valence-electron chi connectivity index (χ3n) is 2.57. The predicted octanol–water partition coefficient (Wildman–Crippen LogP) is 3.97. The zero-order valence-corrected chi connectivity index (χ0v) is 13.5. The van der Waals surface area contributed by atoms with Crippen molar-refractivity contribution in [1.29, 1.82) is 0 Å². The molecular weight excluding hydrogens is 330 g/mol. The van der Waals surface area contributed by atoms with Gasteiger partial charge < -0.3 is 0 Å². The van der Waals surface area contributed by atoms with Crippen LogP contribution in [0.3, 0.4) is 0 Å². The van der Waals surface area contributed by atoms with Crippen LogP contribution in [0.25, 0.3) is 0 Å². The van der Waals surface area contributed by atoms with Gasteiger partial charge in [-0.3, -0.25) is 4.21 Å². The Morgan fingerprint density at radius 3 is 2.72 bits per heavy atom. The third-order valence-corrected chi connectivity index (χ3v) is 5.44. The Morgan fingerprint density at radius 2 is 2.11 bits per heavy atom. The minimum atomic E-state index is -0.893. The van der Waals surface area contributed by atoms with Crippen molar-refractivity contribution in [3.05, 3.63) is 49.9 Å². The van der Waals surface area contributed by atoms with Gasteiger partial charge in [-0.05, 0) is 37.1 Å². The molecule has 1 atom stereocenters. The van der Waals surface area contributed by atoms with Gasteiger partial charge in [0, 0.05) is 32.1 Å². The highest BCUT2D eigenvalue weighted by Crippen LogP contribution is 2.19. The SMILES string of the molecule is Cc1csc(C[S@](=O)Cc2ccc(Br)cc2C)n1. The zero-order chi connectivity index (χ0) is 13.1. The maximum absolute atomic E-state index is 12.1. The first-order valence-electron chi connectivity index (χ1n) is 5.55. The maximum atomic E-state index is 12.1. The van der Waals surface area contributed by atoms with E-state index < -0.39 is 10.8 Å². The van der Waals surface area contributed by atoms with Crippen LogP contribution in [-0.2, 0) is 22.3 Å². The number of benzene rings is 1. The van der Waals surface area contributed by atoms with Gasteiger partial charge in [0.15, 0.2) is 0 Å². The Labute approximate surface area is 122 Å². The van der Waals surface area contributed by atoms with Crippen LogP contribution in [0, 0.1) is 13.8 Å². The van der Waals surface area contributed by atoms with E-state index in [0.717, 1.165) is 20.7 Å². The monoisotopic (exact) mass is 343 g/mol. The number of hydrogen-bond donors (Lipinski definition) is 0. The minimum absolute atomic E-state index is 0.550. The van der Waals surface area contributed by atoms with Gasteiger partial charge in [0.2, 0.25) is 0 Å². The first kappa shape index (κ1) is 13.9. The summed E-state index contributed by atoms with van der Waals surface area (Å²) in [5.74, 6) is 1.14. The number of halogens is 1. The minimum Gasteiger partial charge on any atom is -0.259 e. The second-order valence-corrected chi connectivity index (χ2v) is 7.50. The van der Waals surface area contributed by atoms with Crippen molar-refractivity contribution >= 4 is 38.1 Å². The van der Waals surface area contributed by atoms with Crippen LogP contribution in [-0.4, -0.2) is 9.19 Å². The fraction of sp³-hybridized carbons (Fsp3) is 0.308. The van der Waals surface area contributed by atoms with Gasteiger partial charge in [-0.25, -0.2) is 4.98 Å². The Hall–Kier alpha value is -0.520. The van der Waals surface area contributed by atoms with Crippen LogP contribution in [0.15, 0.2) is 28.1 Å². The van der Waals surface area contributed by atoms with Gasteiger partial charge in [-0.15, -0.1) is 11.3 Å². The summed E-state index contributed by atoms with van der Waals surface area (Å²) in [7, 11) is -0.893. The van der Waals surface area contributed by atoms with E-state index in [9.17, 15) is 4.21 Å². The summed E-state index contributed by atoms with van der Waals surface area (Å²) < 4.78 is 13.2. The summed E-state index contributed by atoms with van der Waals surface area (Å²) in [6.07, 6.45) is 0. The van der Waals surface area contributed by atoms with Crippen molar-refractivity contribution in [2.24, 2.45) is 0 Å². The summed E-state index contributed by atoms with van der Waals surface area (Å²) in [5.41, 5.74) is 3.32. The van der Waals surface area contributed by atoms with E-state index in [0.29, 0.717) is 11.5 Å². The largest absolute Gasteiger partial charge is 0.259 e. The molecule has 0 aliphatic carbocycles. The molecule has 2 aromatic rings. The highest BCUT2D eigenvalue weighted by molar-refractivity contribution is 9.10. The molecule has 1 aromatic heterocycles. The summed E-state index contributed by atoms with van der Waals surface area (Å²) in [4.78, 5) is 4.35. The molecule has 1 heterocycles. The topological polar surface area (TPSA) is 30.0 Å². The fourth-order valence-electron chi connectivity index (χ4n) is 1.65. The molecule has 0 radical (unpaired) electrons. The lowest BCUT2D eigenvalue weighted by Gasteiger charge is -2.05. The first-order valence-corrected chi connectivity index (χ1v) is 8.71. The number of thiazole rings is 1. The highest BCUT2D eigenvalue weighted by atomic mass is 79.9. The molecule has 0 unspecified atom stereocenters. The lowest BCUT2D eigenvalue weighted by atomic mass is 10.1. The number of aryl methyl sites for hydroxylation is 2. The van der Waals surface area contributed by atoms with E-state index in [2.05, 4.69) is 27.0 Å². The fourth-order valence-corrected chi connectivity index (χ4v) is 4.46. The molecule has 1 aromatic carbocycles. The smallest absolute Gasteiger partial charge is 0.105 e. The molecular formula is C13H14BrNOS2. The van der Waals surface area contributed by atoms with Crippen molar-refractivity contribution in [2.45, 2.75) is 25.4 Å². The van der Waals surface area contributed by atoms with E-state index in [4.69, 9.17) is 0 Å². The second kappa shape index (κ2) is 6.08. The molecule has 0 fully saturated rings. The molecule has 0 aliphatic heterocycles. The van der Waals surface area contributed by atoms with Crippen molar-refractivity contribution in [3.8, 4) is 0 Å². The normalized spacial score (nSPS) is 12.6. The van der Waals surface area contributed by atoms with E-state index in [-0.39, 0.29) is 0 Å². The van der Waals surface area contributed by atoms with Gasteiger partial charge in [0.05, 0.1) is 5.75 Å². The summed E-state index contributed by atoms with van der Waals surface area (Å²) in [5, 5.41) is 2.96. The Balaban J connectivity index is 2.03. The predicted molar refractivity (Wildman–Crippen MR) is 81.3 cm³/mol. The zero-order valence-electron chi connectivity index (χ0n) is 10.3. The molecule has 2 nitrogen and oxygen atoms in total. The lowest BCUT2D eigenvalue weighted by Crippen LogP contribution is -2.01. The molecule has 0 spiro atoms. The molecule has 0 bridgehead atoms. The highest BCUT2D eigenvalue weighted by Gasteiger charge is 2.08. The number of hydrogen-bond acceptors (Lipinski definition) is 3. The van der Waals surface area contributed by atoms with Crippen molar-refractivity contribution in [3.63, 3.8) is 0 Å². The average Bonchev–Trinajstić information content (AvgIpc) is 2.68. The molecule has 0 N–H and O–H groups in total. The molecule has 0 amide bonds. The van der Waals surface area contributed by atoms with Crippen LogP contribution in [0.5, 0.6) is 0 Å². The van der Waals surface area contributed by atoms with Gasteiger partial charge in [0.1, 0.15) is 5.01 Å². The molecule has 18 heavy (non-hydrogen) atoms. The standard InChI is InChI=1S/C13H14BrNOS2/c1-9-5-12(14)4-3-11(9)7-18(16)8-13-15-10(2)6-17-13/h3-6H,7-8H2,1-2H3/t18-/m1/s1. The Kier molecular flexibility index (Phi) is 4.70. The average molecular weight is 344 g/mol. The Morgan fingerprint density at radius 1 is 1.33 bits per heavy atom. The van der Waals surface area contributed by atoms with E-state index in [1.165, 1.54) is 5.56 Å². The molecule has 5 heteroatoms. The van der Waals surface area contributed by atoms with Gasteiger partial charge in [0.25, 0.3) is 0 Å². The van der Waals surface area contributed by atoms with E-state index >= 15 is 0 Å². The molecule has 0 saturated carbocycles. The van der Waals surface area contributed by atoms with Crippen LogP contribution in [0.2, 0.25) is 0 Å². The number of rotatable bonds is 4. The van der Waals surface area contributed by atoms with Crippen LogP contribution in [0.4, 0.5) is 0 Å². The number of nitrogens with zero attached hydrogens (tertiary/aromatic N) is 1. The van der Waals surface area contributed by atoms with Crippen molar-refractivity contribution in [1.82, 2.24) is 4.98 Å². The van der Waals surface area contributed by atoms with Crippen molar-refractivity contribution in [2.75, 3.05) is 0 Å². The van der Waals surface area contributed by atoms with Crippen LogP contribution in [0.1, 0.15) is 21.8 Å². The molecule has 0 saturated heterocycles. The Bertz CT molecular complexity index is 580. The van der Waals surface area contributed by atoms with Gasteiger partial charge in [-0.1, -0.05) is 22.0 Å². The molecule has 0 aliphatic rings. The third kappa shape index (κ3) is 3.73. The first-order chi connectivity index (χ1) is 8.54.